The summed E-state index contributed by atoms with van der Waals surface area (Å²) in [6.07, 6.45) is 0. The molecule has 16 heavy (non-hydrogen) atoms. The van der Waals surface area contributed by atoms with Crippen molar-refractivity contribution in [2.24, 2.45) is 0 Å². The largest absolute Gasteiger partial charge is 0.459 e. The highest BCUT2D eigenvalue weighted by Gasteiger charge is 2.19. The number of methoxy groups -OCH3 is 1. The summed E-state index contributed by atoms with van der Waals surface area (Å²) < 4.78 is 4.38. The number of aryl methyl sites for hydroxylation is 1. The van der Waals surface area contributed by atoms with Crippen molar-refractivity contribution in [2.75, 3.05) is 7.11 Å². The minimum absolute atomic E-state index is 0.648. The van der Waals surface area contributed by atoms with E-state index in [-0.39, 0.29) is 0 Å². The Labute approximate surface area is 95.1 Å². The highest BCUT2D eigenvalue weighted by Crippen LogP contribution is 2.19. The van der Waals surface area contributed by atoms with Gasteiger partial charge in [-0.15, -0.1) is 0 Å². The van der Waals surface area contributed by atoms with Gasteiger partial charge in [-0.05, 0) is 19.4 Å². The Balaban J connectivity index is 2.96. The highest BCUT2D eigenvalue weighted by molar-refractivity contribution is 5.88. The Morgan fingerprint density at radius 1 is 1.38 bits per heavy atom. The van der Waals surface area contributed by atoms with Gasteiger partial charge in [0.25, 0.3) is 0 Å². The monoisotopic (exact) mass is 218 g/mol. The van der Waals surface area contributed by atoms with Crippen molar-refractivity contribution in [2.45, 2.75) is 19.4 Å². The Morgan fingerprint density at radius 3 is 2.44 bits per heavy atom. The molecule has 1 unspecified atom stereocenters. The van der Waals surface area contributed by atoms with Crippen LogP contribution in [-0.2, 0) is 15.1 Å². The van der Waals surface area contributed by atoms with Crippen LogP contribution in [0.15, 0.2) is 24.3 Å². The summed E-state index contributed by atoms with van der Waals surface area (Å²) in [6.45, 7) is 3.49. The molecule has 1 aromatic rings. The molecule has 84 valence electrons. The van der Waals surface area contributed by atoms with Crippen molar-refractivity contribution in [3.63, 3.8) is 0 Å². The maximum atomic E-state index is 10.8. The molecule has 0 bridgehead atoms. The van der Waals surface area contributed by atoms with Crippen molar-refractivity contribution in [3.05, 3.63) is 35.4 Å². The molecule has 1 aromatic carbocycles. The summed E-state index contributed by atoms with van der Waals surface area (Å²) in [7, 11) is 1.25. The number of carbonyl (C=O) groups excluding carboxylic acids is 1. The fourth-order valence-electron chi connectivity index (χ4n) is 1.17. The van der Waals surface area contributed by atoms with Crippen LogP contribution in [-0.4, -0.2) is 18.2 Å². The molecule has 0 saturated carbocycles. The summed E-state index contributed by atoms with van der Waals surface area (Å²) in [5.41, 5.74) is 0.400. The molecule has 0 spiro atoms. The first-order valence-electron chi connectivity index (χ1n) is 4.86. The molecular weight excluding hydrogens is 204 g/mol. The molecule has 3 nitrogen and oxygen atoms in total. The van der Waals surface area contributed by atoms with Crippen LogP contribution in [0.3, 0.4) is 0 Å². The molecule has 0 amide bonds. The molecule has 0 radical (unpaired) electrons. The van der Waals surface area contributed by atoms with Gasteiger partial charge in [-0.25, -0.2) is 4.79 Å². The third-order valence-electron chi connectivity index (χ3n) is 2.21. The van der Waals surface area contributed by atoms with Gasteiger partial charge in [-0.2, -0.15) is 0 Å². The van der Waals surface area contributed by atoms with Gasteiger partial charge in [0.15, 0.2) is 0 Å². The first-order valence-corrected chi connectivity index (χ1v) is 4.86. The first kappa shape index (κ1) is 12.3. The second-order valence-corrected chi connectivity index (χ2v) is 3.68. The lowest BCUT2D eigenvalue weighted by Gasteiger charge is -2.16. The van der Waals surface area contributed by atoms with Crippen LogP contribution in [0.25, 0.3) is 0 Å². The zero-order valence-corrected chi connectivity index (χ0v) is 9.57. The molecule has 1 rings (SSSR count). The Hall–Kier alpha value is -1.79. The zero-order valence-electron chi connectivity index (χ0n) is 9.57. The normalized spacial score (nSPS) is 13.2. The molecule has 0 aliphatic heterocycles. The Kier molecular flexibility index (Phi) is 3.70. The van der Waals surface area contributed by atoms with Gasteiger partial charge in [0.1, 0.15) is 5.60 Å². The fourth-order valence-corrected chi connectivity index (χ4v) is 1.17. The van der Waals surface area contributed by atoms with Gasteiger partial charge in [0.2, 0.25) is 0 Å². The summed E-state index contributed by atoms with van der Waals surface area (Å²) in [4.78, 5) is 10.8. The van der Waals surface area contributed by atoms with Crippen molar-refractivity contribution in [1.82, 2.24) is 0 Å². The van der Waals surface area contributed by atoms with E-state index >= 15 is 0 Å². The Morgan fingerprint density at radius 2 is 1.94 bits per heavy atom. The van der Waals surface area contributed by atoms with Gasteiger partial charge < -0.3 is 9.84 Å². The molecule has 0 aliphatic carbocycles. The number of hydrogen-bond donors (Lipinski definition) is 1. The number of aliphatic hydroxyl groups is 1. The van der Waals surface area contributed by atoms with E-state index in [1.807, 2.05) is 19.1 Å². The van der Waals surface area contributed by atoms with Crippen LogP contribution in [0.5, 0.6) is 0 Å². The molecule has 1 N–H and O–H groups in total. The van der Waals surface area contributed by atoms with Crippen molar-refractivity contribution in [1.29, 1.82) is 0 Å². The lowest BCUT2D eigenvalue weighted by molar-refractivity contribution is -0.133. The van der Waals surface area contributed by atoms with Crippen LogP contribution < -0.4 is 0 Å². The van der Waals surface area contributed by atoms with E-state index in [9.17, 15) is 9.90 Å². The molecule has 1 atom stereocenters. The molecule has 0 aromatic heterocycles. The zero-order chi connectivity index (χ0) is 12.2. The quantitative estimate of drug-likeness (QED) is 0.440. The van der Waals surface area contributed by atoms with E-state index in [1.54, 1.807) is 12.1 Å². The van der Waals surface area contributed by atoms with Gasteiger partial charge in [0.05, 0.1) is 7.11 Å². The maximum Gasteiger partial charge on any atom is 0.384 e. The Bertz CT molecular complexity index is 432. The van der Waals surface area contributed by atoms with Crippen molar-refractivity contribution >= 4 is 5.97 Å². The number of rotatable bonds is 1. The number of ether oxygens (including phenoxy) is 1. The molecular formula is C13H14O3. The van der Waals surface area contributed by atoms with Crippen molar-refractivity contribution in [3.8, 4) is 11.8 Å². The summed E-state index contributed by atoms with van der Waals surface area (Å²) in [5, 5.41) is 10.0. The molecule has 0 saturated heterocycles. The summed E-state index contributed by atoms with van der Waals surface area (Å²) in [6, 6.07) is 7.32. The first-order chi connectivity index (χ1) is 7.45. The number of benzene rings is 1. The minimum Gasteiger partial charge on any atom is -0.459 e. The molecule has 0 aliphatic rings. The smallest absolute Gasteiger partial charge is 0.384 e. The fraction of sp³-hybridized carbons (Fsp3) is 0.308. The lowest BCUT2D eigenvalue weighted by atomic mass is 9.96. The maximum absolute atomic E-state index is 10.8. The molecule has 3 heteroatoms. The summed E-state index contributed by atoms with van der Waals surface area (Å²) in [5.74, 6) is 4.04. The minimum atomic E-state index is -1.35. The molecule has 0 heterocycles. The van der Waals surface area contributed by atoms with Gasteiger partial charge >= 0.3 is 5.97 Å². The van der Waals surface area contributed by atoms with E-state index in [1.165, 1.54) is 14.0 Å². The topological polar surface area (TPSA) is 46.5 Å². The van der Waals surface area contributed by atoms with Gasteiger partial charge in [-0.3, -0.25) is 0 Å². The number of hydrogen-bond acceptors (Lipinski definition) is 3. The lowest BCUT2D eigenvalue weighted by Crippen LogP contribution is -2.19. The van der Waals surface area contributed by atoms with E-state index in [4.69, 9.17) is 0 Å². The van der Waals surface area contributed by atoms with Crippen molar-refractivity contribution < 1.29 is 14.6 Å². The SMILES string of the molecule is COC(=O)C#CC(C)(O)c1ccc(C)cc1. The van der Waals surface area contributed by atoms with Crippen LogP contribution in [0.1, 0.15) is 18.1 Å². The average molecular weight is 218 g/mol. The highest BCUT2D eigenvalue weighted by atomic mass is 16.5. The molecule has 0 fully saturated rings. The van der Waals surface area contributed by atoms with Gasteiger partial charge in [0, 0.05) is 5.92 Å². The van der Waals surface area contributed by atoms with E-state index in [0.717, 1.165) is 5.56 Å². The second-order valence-electron chi connectivity index (χ2n) is 3.68. The van der Waals surface area contributed by atoms with E-state index in [2.05, 4.69) is 16.6 Å². The average Bonchev–Trinajstić information content (AvgIpc) is 2.26. The van der Waals surface area contributed by atoms with Crippen LogP contribution in [0.4, 0.5) is 0 Å². The second kappa shape index (κ2) is 4.82. The third-order valence-corrected chi connectivity index (χ3v) is 2.21. The van der Waals surface area contributed by atoms with Crippen LogP contribution in [0.2, 0.25) is 0 Å². The predicted molar refractivity (Wildman–Crippen MR) is 60.5 cm³/mol. The van der Waals surface area contributed by atoms with E-state index in [0.29, 0.717) is 5.56 Å². The van der Waals surface area contributed by atoms with Crippen LogP contribution >= 0.6 is 0 Å². The number of carbonyl (C=O) groups is 1. The predicted octanol–water partition coefficient (Wildman–Crippen LogP) is 1.38. The standard InChI is InChI=1S/C13H14O3/c1-10-4-6-11(7-5-10)13(2,15)9-8-12(14)16-3/h4-7,15H,1-3H3. The van der Waals surface area contributed by atoms with Crippen LogP contribution in [0, 0.1) is 18.8 Å². The third kappa shape index (κ3) is 3.11. The summed E-state index contributed by atoms with van der Waals surface area (Å²) >= 11 is 0. The van der Waals surface area contributed by atoms with Gasteiger partial charge in [-0.1, -0.05) is 35.7 Å². The van der Waals surface area contributed by atoms with E-state index < -0.39 is 11.6 Å². The number of esters is 1.